The van der Waals surface area contributed by atoms with Crippen LogP contribution in [0.5, 0.6) is 0 Å². The molecule has 2 nitrogen and oxygen atoms in total. The topological polar surface area (TPSA) is 26.3 Å². The van der Waals surface area contributed by atoms with Crippen molar-refractivity contribution in [3.05, 3.63) is 0 Å². The Labute approximate surface area is 161 Å². The summed E-state index contributed by atoms with van der Waals surface area (Å²) in [6.07, 6.45) is 22.5. The van der Waals surface area contributed by atoms with Crippen molar-refractivity contribution in [1.82, 2.24) is 0 Å². The fourth-order valence-corrected chi connectivity index (χ4v) is 4.83. The molecule has 1 saturated heterocycles. The first-order chi connectivity index (χ1) is 12.3. The number of carbonyl (C=O) groups excluding carboxylic acids is 1. The summed E-state index contributed by atoms with van der Waals surface area (Å²) in [6, 6.07) is 0. The summed E-state index contributed by atoms with van der Waals surface area (Å²) in [4.78, 5) is 11.0. The van der Waals surface area contributed by atoms with Crippen LogP contribution >= 0.6 is 11.8 Å². The zero-order valence-electron chi connectivity index (χ0n) is 16.9. The SMILES string of the molecule is CCCCCCCC1SC1CCCCCCCCCCCC(=O)OC. The molecule has 3 heteroatoms. The Morgan fingerprint density at radius 2 is 1.16 bits per heavy atom. The maximum absolute atomic E-state index is 11.0. The van der Waals surface area contributed by atoms with Gasteiger partial charge >= 0.3 is 5.97 Å². The van der Waals surface area contributed by atoms with Gasteiger partial charge in [0, 0.05) is 16.9 Å². The van der Waals surface area contributed by atoms with E-state index in [2.05, 4.69) is 23.4 Å². The minimum Gasteiger partial charge on any atom is -0.469 e. The average Bonchev–Trinajstić information content (AvgIpc) is 3.37. The summed E-state index contributed by atoms with van der Waals surface area (Å²) in [6.45, 7) is 2.29. The number of hydrogen-bond donors (Lipinski definition) is 0. The molecule has 148 valence electrons. The van der Waals surface area contributed by atoms with Crippen molar-refractivity contribution in [3.63, 3.8) is 0 Å². The molecule has 1 aliphatic heterocycles. The van der Waals surface area contributed by atoms with Crippen molar-refractivity contribution in [3.8, 4) is 0 Å². The van der Waals surface area contributed by atoms with E-state index in [-0.39, 0.29) is 5.97 Å². The van der Waals surface area contributed by atoms with Crippen LogP contribution in [0.1, 0.15) is 116 Å². The Kier molecular flexibility index (Phi) is 14.7. The zero-order valence-corrected chi connectivity index (χ0v) is 17.7. The van der Waals surface area contributed by atoms with Crippen LogP contribution in [0.15, 0.2) is 0 Å². The highest BCUT2D eigenvalue weighted by Crippen LogP contribution is 2.47. The van der Waals surface area contributed by atoms with Gasteiger partial charge in [-0.05, 0) is 19.3 Å². The predicted octanol–water partition coefficient (Wildman–Crippen LogP) is 7.30. The van der Waals surface area contributed by atoms with Crippen molar-refractivity contribution in [2.24, 2.45) is 0 Å². The van der Waals surface area contributed by atoms with Crippen LogP contribution in [-0.4, -0.2) is 23.6 Å². The van der Waals surface area contributed by atoms with Gasteiger partial charge in [0.05, 0.1) is 7.11 Å². The molecule has 0 aromatic carbocycles. The van der Waals surface area contributed by atoms with Crippen LogP contribution < -0.4 is 0 Å². The lowest BCUT2D eigenvalue weighted by Gasteiger charge is -2.03. The van der Waals surface area contributed by atoms with Gasteiger partial charge in [0.1, 0.15) is 0 Å². The normalized spacial score (nSPS) is 19.1. The second-order valence-electron chi connectivity index (χ2n) is 7.71. The van der Waals surface area contributed by atoms with Gasteiger partial charge in [0.15, 0.2) is 0 Å². The van der Waals surface area contributed by atoms with E-state index in [1.165, 1.54) is 103 Å². The Hall–Kier alpha value is -0.180. The average molecular weight is 371 g/mol. The van der Waals surface area contributed by atoms with E-state index < -0.39 is 0 Å². The van der Waals surface area contributed by atoms with Gasteiger partial charge in [0.25, 0.3) is 0 Å². The van der Waals surface area contributed by atoms with Gasteiger partial charge in [0.2, 0.25) is 0 Å². The third kappa shape index (κ3) is 13.7. The van der Waals surface area contributed by atoms with Crippen molar-refractivity contribution in [2.75, 3.05) is 7.11 Å². The minimum absolute atomic E-state index is 0.0624. The molecule has 0 radical (unpaired) electrons. The molecule has 1 rings (SSSR count). The van der Waals surface area contributed by atoms with E-state index in [1.54, 1.807) is 0 Å². The number of unbranched alkanes of at least 4 members (excludes halogenated alkanes) is 12. The molecule has 0 N–H and O–H groups in total. The molecule has 0 aromatic rings. The molecule has 0 aliphatic carbocycles. The third-order valence-corrected chi connectivity index (χ3v) is 6.89. The second-order valence-corrected chi connectivity index (χ2v) is 9.20. The highest BCUT2D eigenvalue weighted by molar-refractivity contribution is 8.07. The number of ether oxygens (including phenoxy) is 1. The van der Waals surface area contributed by atoms with Crippen LogP contribution in [0.3, 0.4) is 0 Å². The van der Waals surface area contributed by atoms with E-state index in [9.17, 15) is 4.79 Å². The molecule has 0 amide bonds. The molecule has 25 heavy (non-hydrogen) atoms. The fraction of sp³-hybridized carbons (Fsp3) is 0.955. The first-order valence-corrected chi connectivity index (χ1v) is 11.9. The maximum atomic E-state index is 11.0. The Bertz CT molecular complexity index is 319. The molecule has 2 atom stereocenters. The van der Waals surface area contributed by atoms with E-state index >= 15 is 0 Å². The summed E-state index contributed by atoms with van der Waals surface area (Å²) in [5, 5.41) is 2.03. The van der Waals surface area contributed by atoms with Gasteiger partial charge in [-0.3, -0.25) is 4.79 Å². The standard InChI is InChI=1S/C22H42O2S/c1-3-4-5-11-14-17-20-21(25-20)18-15-12-9-7-6-8-10-13-16-19-22(23)24-2/h20-21H,3-19H2,1-2H3. The quantitative estimate of drug-likeness (QED) is 0.144. The molecule has 1 aliphatic rings. The van der Waals surface area contributed by atoms with E-state index in [0.717, 1.165) is 16.9 Å². The molecule has 1 fully saturated rings. The van der Waals surface area contributed by atoms with Gasteiger partial charge in [-0.1, -0.05) is 90.4 Å². The molecule has 1 heterocycles. The minimum atomic E-state index is -0.0624. The fourth-order valence-electron chi connectivity index (χ4n) is 3.59. The number of rotatable bonds is 18. The lowest BCUT2D eigenvalue weighted by atomic mass is 10.0. The molecular formula is C22H42O2S. The lowest BCUT2D eigenvalue weighted by molar-refractivity contribution is -0.140. The van der Waals surface area contributed by atoms with Crippen molar-refractivity contribution in [2.45, 2.75) is 127 Å². The van der Waals surface area contributed by atoms with Crippen LogP contribution in [0.4, 0.5) is 0 Å². The Morgan fingerprint density at radius 1 is 0.720 bits per heavy atom. The van der Waals surface area contributed by atoms with E-state index in [0.29, 0.717) is 6.42 Å². The molecule has 0 saturated carbocycles. The second kappa shape index (κ2) is 16.0. The predicted molar refractivity (Wildman–Crippen MR) is 111 cm³/mol. The first-order valence-electron chi connectivity index (χ1n) is 11.0. The zero-order chi connectivity index (χ0) is 18.2. The molecule has 0 bridgehead atoms. The van der Waals surface area contributed by atoms with Gasteiger partial charge in [-0.25, -0.2) is 0 Å². The Morgan fingerprint density at radius 3 is 1.64 bits per heavy atom. The molecule has 2 unspecified atom stereocenters. The maximum Gasteiger partial charge on any atom is 0.305 e. The number of hydrogen-bond acceptors (Lipinski definition) is 3. The lowest BCUT2D eigenvalue weighted by Crippen LogP contribution is -1.99. The number of carbonyl (C=O) groups is 1. The van der Waals surface area contributed by atoms with Gasteiger partial charge in [-0.15, -0.1) is 0 Å². The van der Waals surface area contributed by atoms with Crippen molar-refractivity contribution < 1.29 is 9.53 Å². The number of methoxy groups -OCH3 is 1. The molecular weight excluding hydrogens is 328 g/mol. The number of thioether (sulfide) groups is 1. The first kappa shape index (κ1) is 22.9. The summed E-state index contributed by atoms with van der Waals surface area (Å²) < 4.78 is 4.65. The van der Waals surface area contributed by atoms with Crippen LogP contribution in [0.2, 0.25) is 0 Å². The summed E-state index contributed by atoms with van der Waals surface area (Å²) in [5.74, 6) is -0.0624. The largest absolute Gasteiger partial charge is 0.469 e. The summed E-state index contributed by atoms with van der Waals surface area (Å²) >= 11 is 2.25. The molecule has 0 spiro atoms. The smallest absolute Gasteiger partial charge is 0.305 e. The van der Waals surface area contributed by atoms with Crippen LogP contribution in [0.25, 0.3) is 0 Å². The summed E-state index contributed by atoms with van der Waals surface area (Å²) in [5.41, 5.74) is 0. The van der Waals surface area contributed by atoms with Crippen molar-refractivity contribution in [1.29, 1.82) is 0 Å². The summed E-state index contributed by atoms with van der Waals surface area (Å²) in [7, 11) is 1.47. The van der Waals surface area contributed by atoms with Gasteiger partial charge < -0.3 is 4.74 Å². The monoisotopic (exact) mass is 370 g/mol. The van der Waals surface area contributed by atoms with Crippen molar-refractivity contribution >= 4 is 17.7 Å². The molecule has 0 aromatic heterocycles. The highest BCUT2D eigenvalue weighted by Gasteiger charge is 2.36. The highest BCUT2D eigenvalue weighted by atomic mass is 32.2. The van der Waals surface area contributed by atoms with E-state index in [1.807, 2.05) is 0 Å². The van der Waals surface area contributed by atoms with Crippen LogP contribution in [0, 0.1) is 0 Å². The number of esters is 1. The van der Waals surface area contributed by atoms with E-state index in [4.69, 9.17) is 0 Å². The third-order valence-electron chi connectivity index (χ3n) is 5.38. The van der Waals surface area contributed by atoms with Crippen LogP contribution in [-0.2, 0) is 9.53 Å². The van der Waals surface area contributed by atoms with Gasteiger partial charge in [-0.2, -0.15) is 11.8 Å². The Balaban J connectivity index is 1.72.